The number of amides is 1. The number of nitrogens with zero attached hydrogens (tertiary/aromatic N) is 2. The van der Waals surface area contributed by atoms with Crippen molar-refractivity contribution in [1.29, 1.82) is 0 Å². The van der Waals surface area contributed by atoms with Gasteiger partial charge in [-0.15, -0.1) is 0 Å². The van der Waals surface area contributed by atoms with Crippen LogP contribution in [0.15, 0.2) is 54.7 Å². The molecule has 6 nitrogen and oxygen atoms in total. The zero-order valence-corrected chi connectivity index (χ0v) is 16.3. The molecule has 0 atom stereocenters. The van der Waals surface area contributed by atoms with Gasteiger partial charge in [0, 0.05) is 18.4 Å². The van der Waals surface area contributed by atoms with Crippen LogP contribution >= 0.6 is 0 Å². The molecule has 0 radical (unpaired) electrons. The molecule has 3 aromatic rings. The molecule has 2 N–H and O–H groups in total. The van der Waals surface area contributed by atoms with E-state index in [1.807, 2.05) is 56.3 Å². The third-order valence-corrected chi connectivity index (χ3v) is 4.52. The summed E-state index contributed by atoms with van der Waals surface area (Å²) in [6.07, 6.45) is 2.33. The summed E-state index contributed by atoms with van der Waals surface area (Å²) >= 11 is 0. The van der Waals surface area contributed by atoms with Gasteiger partial charge < -0.3 is 15.4 Å². The number of carbonyl (C=O) groups is 1. The second-order valence-corrected chi connectivity index (χ2v) is 6.51. The summed E-state index contributed by atoms with van der Waals surface area (Å²) in [7, 11) is 1.66. The highest BCUT2D eigenvalue weighted by molar-refractivity contribution is 6.03. The number of hydrogen-bond acceptors (Lipinski definition) is 5. The molecule has 0 spiro atoms. The fraction of sp³-hybridized carbons (Fsp3) is 0.227. The van der Waals surface area contributed by atoms with Gasteiger partial charge >= 0.3 is 0 Å². The molecule has 0 aliphatic heterocycles. The number of aryl methyl sites for hydroxylation is 2. The Labute approximate surface area is 165 Å². The number of para-hydroxylation sites is 1. The summed E-state index contributed by atoms with van der Waals surface area (Å²) < 4.78 is 5.36. The third kappa shape index (κ3) is 4.85. The van der Waals surface area contributed by atoms with Gasteiger partial charge in [0.15, 0.2) is 0 Å². The number of nitrogens with one attached hydrogen (secondary N) is 2. The van der Waals surface area contributed by atoms with Crippen LogP contribution in [0.1, 0.15) is 27.2 Å². The first-order valence-electron chi connectivity index (χ1n) is 9.14. The minimum Gasteiger partial charge on any atom is -0.496 e. The van der Waals surface area contributed by atoms with E-state index in [0.717, 1.165) is 29.0 Å². The van der Waals surface area contributed by atoms with E-state index < -0.39 is 0 Å². The Hall–Kier alpha value is -3.41. The Balaban J connectivity index is 1.61. The van der Waals surface area contributed by atoms with Crippen LogP contribution in [0.25, 0.3) is 0 Å². The normalized spacial score (nSPS) is 10.4. The van der Waals surface area contributed by atoms with Crippen molar-refractivity contribution in [2.24, 2.45) is 0 Å². The molecular formula is C22H24N4O2. The molecule has 0 fully saturated rings. The van der Waals surface area contributed by atoms with Crippen molar-refractivity contribution >= 4 is 17.5 Å². The molecular weight excluding hydrogens is 352 g/mol. The van der Waals surface area contributed by atoms with E-state index in [4.69, 9.17) is 4.74 Å². The lowest BCUT2D eigenvalue weighted by molar-refractivity contribution is 0.102. The van der Waals surface area contributed by atoms with Crippen molar-refractivity contribution in [3.63, 3.8) is 0 Å². The zero-order chi connectivity index (χ0) is 19.9. The predicted octanol–water partition coefficient (Wildman–Crippen LogP) is 4.01. The number of benzene rings is 2. The number of hydrogen-bond donors (Lipinski definition) is 2. The summed E-state index contributed by atoms with van der Waals surface area (Å²) in [5.41, 5.74) is 4.47. The van der Waals surface area contributed by atoms with E-state index in [2.05, 4.69) is 20.6 Å². The number of anilines is 2. The lowest BCUT2D eigenvalue weighted by Gasteiger charge is -2.10. The van der Waals surface area contributed by atoms with Crippen LogP contribution in [0.5, 0.6) is 5.75 Å². The Morgan fingerprint density at radius 2 is 1.89 bits per heavy atom. The molecule has 0 bridgehead atoms. The molecule has 0 saturated carbocycles. The van der Waals surface area contributed by atoms with E-state index in [9.17, 15) is 4.79 Å². The van der Waals surface area contributed by atoms with E-state index >= 15 is 0 Å². The van der Waals surface area contributed by atoms with Crippen LogP contribution in [0.4, 0.5) is 11.6 Å². The molecule has 1 amide bonds. The van der Waals surface area contributed by atoms with E-state index in [0.29, 0.717) is 18.2 Å². The van der Waals surface area contributed by atoms with Gasteiger partial charge in [0.1, 0.15) is 11.4 Å². The lowest BCUT2D eigenvalue weighted by atomic mass is 10.1. The first-order chi connectivity index (χ1) is 13.6. The first-order valence-corrected chi connectivity index (χ1v) is 9.14. The van der Waals surface area contributed by atoms with Crippen molar-refractivity contribution in [2.75, 3.05) is 24.3 Å². The highest BCUT2D eigenvalue weighted by Crippen LogP contribution is 2.18. The van der Waals surface area contributed by atoms with Crippen molar-refractivity contribution in [3.8, 4) is 5.75 Å². The highest BCUT2D eigenvalue weighted by atomic mass is 16.5. The smallest absolute Gasteiger partial charge is 0.274 e. The van der Waals surface area contributed by atoms with Crippen LogP contribution in [-0.2, 0) is 6.42 Å². The summed E-state index contributed by atoms with van der Waals surface area (Å²) in [4.78, 5) is 21.0. The standard InChI is InChI=1S/C22H24N4O2/c1-15-8-9-18(14-16(15)2)25-21(27)19-11-13-24-22(26-19)23-12-10-17-6-4-5-7-20(17)28-3/h4-9,11,13-14H,10,12H2,1-3H3,(H,25,27)(H,23,24,26). The molecule has 1 heterocycles. The van der Waals surface area contributed by atoms with Crippen molar-refractivity contribution < 1.29 is 9.53 Å². The SMILES string of the molecule is COc1ccccc1CCNc1nccc(C(=O)Nc2ccc(C)c(C)c2)n1. The number of ether oxygens (including phenoxy) is 1. The molecule has 2 aromatic carbocycles. The zero-order valence-electron chi connectivity index (χ0n) is 16.3. The minimum absolute atomic E-state index is 0.265. The van der Waals surface area contributed by atoms with Crippen molar-refractivity contribution in [2.45, 2.75) is 20.3 Å². The van der Waals surface area contributed by atoms with Gasteiger partial charge in [-0.1, -0.05) is 24.3 Å². The van der Waals surface area contributed by atoms with E-state index in [1.54, 1.807) is 19.4 Å². The highest BCUT2D eigenvalue weighted by Gasteiger charge is 2.10. The maximum absolute atomic E-state index is 12.5. The molecule has 6 heteroatoms. The van der Waals surface area contributed by atoms with Gasteiger partial charge in [-0.2, -0.15) is 0 Å². The van der Waals surface area contributed by atoms with Gasteiger partial charge in [-0.3, -0.25) is 4.79 Å². The number of aromatic nitrogens is 2. The average Bonchev–Trinajstić information content (AvgIpc) is 2.71. The first kappa shape index (κ1) is 19.4. The summed E-state index contributed by atoms with van der Waals surface area (Å²) in [5.74, 6) is 1.01. The minimum atomic E-state index is -0.265. The Kier molecular flexibility index (Phi) is 6.22. The molecule has 0 aliphatic carbocycles. The second-order valence-electron chi connectivity index (χ2n) is 6.51. The Morgan fingerprint density at radius 3 is 2.68 bits per heavy atom. The predicted molar refractivity (Wildman–Crippen MR) is 111 cm³/mol. The molecule has 28 heavy (non-hydrogen) atoms. The number of rotatable bonds is 7. The monoisotopic (exact) mass is 376 g/mol. The van der Waals surface area contributed by atoms with Crippen LogP contribution in [-0.4, -0.2) is 29.5 Å². The Bertz CT molecular complexity index is 972. The van der Waals surface area contributed by atoms with E-state index in [1.165, 1.54) is 5.56 Å². The lowest BCUT2D eigenvalue weighted by Crippen LogP contribution is -2.16. The van der Waals surface area contributed by atoms with Crippen LogP contribution in [0.3, 0.4) is 0 Å². The van der Waals surface area contributed by atoms with Crippen LogP contribution in [0.2, 0.25) is 0 Å². The summed E-state index contributed by atoms with van der Waals surface area (Å²) in [5, 5.41) is 6.04. The number of methoxy groups -OCH3 is 1. The average molecular weight is 376 g/mol. The maximum Gasteiger partial charge on any atom is 0.274 e. The molecule has 144 valence electrons. The largest absolute Gasteiger partial charge is 0.496 e. The van der Waals surface area contributed by atoms with Gasteiger partial charge in [-0.25, -0.2) is 9.97 Å². The third-order valence-electron chi connectivity index (χ3n) is 4.52. The van der Waals surface area contributed by atoms with Crippen LogP contribution in [0, 0.1) is 13.8 Å². The maximum atomic E-state index is 12.5. The van der Waals surface area contributed by atoms with Crippen molar-refractivity contribution in [3.05, 3.63) is 77.1 Å². The summed E-state index contributed by atoms with van der Waals surface area (Å²) in [6.45, 7) is 4.68. The molecule has 3 rings (SSSR count). The van der Waals surface area contributed by atoms with Gasteiger partial charge in [0.25, 0.3) is 5.91 Å². The summed E-state index contributed by atoms with van der Waals surface area (Å²) in [6, 6.07) is 15.3. The quantitative estimate of drug-likeness (QED) is 0.652. The fourth-order valence-corrected chi connectivity index (χ4v) is 2.80. The topological polar surface area (TPSA) is 76.1 Å². The van der Waals surface area contributed by atoms with Gasteiger partial charge in [0.2, 0.25) is 5.95 Å². The Morgan fingerprint density at radius 1 is 1.07 bits per heavy atom. The van der Waals surface area contributed by atoms with Crippen LogP contribution < -0.4 is 15.4 Å². The fourth-order valence-electron chi connectivity index (χ4n) is 2.80. The molecule has 1 aromatic heterocycles. The molecule has 0 saturated heterocycles. The molecule has 0 aliphatic rings. The van der Waals surface area contributed by atoms with E-state index in [-0.39, 0.29) is 5.91 Å². The number of carbonyl (C=O) groups excluding carboxylic acids is 1. The van der Waals surface area contributed by atoms with Crippen molar-refractivity contribution in [1.82, 2.24) is 9.97 Å². The van der Waals surface area contributed by atoms with Gasteiger partial charge in [0.05, 0.1) is 7.11 Å². The second kappa shape index (κ2) is 8.99. The molecule has 0 unspecified atom stereocenters. The van der Waals surface area contributed by atoms with Gasteiger partial charge in [-0.05, 0) is 61.2 Å².